The molecule has 0 aromatic heterocycles. The van der Waals surface area contributed by atoms with Crippen LogP contribution in [0.5, 0.6) is 0 Å². The van der Waals surface area contributed by atoms with E-state index in [4.69, 9.17) is 0 Å². The minimum absolute atomic E-state index is 0.0326. The maximum atomic E-state index is 2.75. The SMILES string of the molecule is CC=C[SiH2]CC(N1CCCC1)N1CCCC1. The minimum Gasteiger partial charge on any atom is -0.288 e. The summed E-state index contributed by atoms with van der Waals surface area (Å²) in [5.74, 6) is 0. The van der Waals surface area contributed by atoms with Crippen molar-refractivity contribution in [3.63, 3.8) is 0 Å². The molecule has 16 heavy (non-hydrogen) atoms. The molecular weight excluding hydrogens is 212 g/mol. The van der Waals surface area contributed by atoms with E-state index in [1.807, 2.05) is 0 Å². The van der Waals surface area contributed by atoms with Crippen LogP contribution in [0.2, 0.25) is 6.04 Å². The Hall–Kier alpha value is -0.123. The summed E-state index contributed by atoms with van der Waals surface area (Å²) in [6.45, 7) is 7.57. The van der Waals surface area contributed by atoms with E-state index in [1.165, 1.54) is 57.9 Å². The van der Waals surface area contributed by atoms with Gasteiger partial charge in [0.05, 0.1) is 6.17 Å². The van der Waals surface area contributed by atoms with Crippen LogP contribution in [0.15, 0.2) is 11.8 Å². The standard InChI is InChI=1S/C13H26N2Si/c1-2-11-16-12-13(14-7-3-4-8-14)15-9-5-6-10-15/h2,11,13H,3-10,12,16H2,1H3. The lowest BCUT2D eigenvalue weighted by Gasteiger charge is -2.35. The Labute approximate surface area is 103 Å². The van der Waals surface area contributed by atoms with E-state index in [0.717, 1.165) is 6.17 Å². The zero-order valence-electron chi connectivity index (χ0n) is 10.7. The van der Waals surface area contributed by atoms with Crippen LogP contribution in [-0.4, -0.2) is 51.7 Å². The van der Waals surface area contributed by atoms with Crippen molar-refractivity contribution in [3.05, 3.63) is 11.8 Å². The predicted molar refractivity (Wildman–Crippen MR) is 73.6 cm³/mol. The molecule has 92 valence electrons. The van der Waals surface area contributed by atoms with Crippen molar-refractivity contribution in [3.8, 4) is 0 Å². The molecule has 2 saturated heterocycles. The smallest absolute Gasteiger partial charge is 0.0595 e. The van der Waals surface area contributed by atoms with Gasteiger partial charge in [-0.05, 0) is 64.8 Å². The Morgan fingerprint density at radius 1 is 1.00 bits per heavy atom. The van der Waals surface area contributed by atoms with Gasteiger partial charge in [0.1, 0.15) is 0 Å². The molecule has 2 heterocycles. The van der Waals surface area contributed by atoms with Crippen LogP contribution < -0.4 is 0 Å². The van der Waals surface area contributed by atoms with Gasteiger partial charge in [0.2, 0.25) is 0 Å². The van der Waals surface area contributed by atoms with E-state index in [1.54, 1.807) is 0 Å². The van der Waals surface area contributed by atoms with Gasteiger partial charge in [-0.25, -0.2) is 0 Å². The summed E-state index contributed by atoms with van der Waals surface area (Å²) < 4.78 is 0. The number of hydrogen-bond acceptors (Lipinski definition) is 2. The van der Waals surface area contributed by atoms with Gasteiger partial charge in [0.15, 0.2) is 0 Å². The summed E-state index contributed by atoms with van der Waals surface area (Å²) in [6, 6.07) is 1.46. The summed E-state index contributed by atoms with van der Waals surface area (Å²) in [5.41, 5.74) is 2.46. The first kappa shape index (κ1) is 12.3. The Kier molecular flexibility index (Phi) is 5.07. The van der Waals surface area contributed by atoms with Crippen molar-refractivity contribution in [2.45, 2.75) is 44.8 Å². The number of hydrogen-bond donors (Lipinski definition) is 0. The van der Waals surface area contributed by atoms with Crippen molar-refractivity contribution in [2.24, 2.45) is 0 Å². The van der Waals surface area contributed by atoms with Gasteiger partial charge in [-0.15, -0.1) is 5.70 Å². The number of allylic oxidation sites excluding steroid dienone is 1. The third kappa shape index (κ3) is 3.19. The van der Waals surface area contributed by atoms with E-state index in [2.05, 4.69) is 28.5 Å². The molecule has 0 aliphatic carbocycles. The summed E-state index contributed by atoms with van der Waals surface area (Å²) in [5, 5.41) is 0. The van der Waals surface area contributed by atoms with Crippen molar-refractivity contribution in [2.75, 3.05) is 26.2 Å². The van der Waals surface area contributed by atoms with Crippen LogP contribution in [0.25, 0.3) is 0 Å². The highest BCUT2D eigenvalue weighted by Gasteiger charge is 2.28. The molecule has 0 N–H and O–H groups in total. The molecule has 2 rings (SSSR count). The molecule has 2 aliphatic heterocycles. The Morgan fingerprint density at radius 3 is 1.94 bits per heavy atom. The normalized spacial score (nSPS) is 24.9. The zero-order chi connectivity index (χ0) is 11.2. The molecule has 0 saturated carbocycles. The Morgan fingerprint density at radius 2 is 1.50 bits per heavy atom. The van der Waals surface area contributed by atoms with Gasteiger partial charge >= 0.3 is 0 Å². The van der Waals surface area contributed by atoms with Gasteiger partial charge in [0.25, 0.3) is 0 Å². The molecule has 2 aliphatic rings. The summed E-state index contributed by atoms with van der Waals surface area (Å²) >= 11 is 0. The fraction of sp³-hybridized carbons (Fsp3) is 0.846. The molecule has 0 spiro atoms. The first-order chi connectivity index (χ1) is 7.92. The monoisotopic (exact) mass is 238 g/mol. The van der Waals surface area contributed by atoms with Crippen molar-refractivity contribution in [1.29, 1.82) is 0 Å². The van der Waals surface area contributed by atoms with E-state index in [9.17, 15) is 0 Å². The topological polar surface area (TPSA) is 6.48 Å². The largest absolute Gasteiger partial charge is 0.288 e. The molecule has 0 radical (unpaired) electrons. The van der Waals surface area contributed by atoms with Crippen LogP contribution in [0.3, 0.4) is 0 Å². The molecule has 0 bridgehead atoms. The number of rotatable bonds is 5. The van der Waals surface area contributed by atoms with E-state index in [0.29, 0.717) is 0 Å². The average molecular weight is 238 g/mol. The highest BCUT2D eigenvalue weighted by molar-refractivity contribution is 6.42. The lowest BCUT2D eigenvalue weighted by atomic mass is 10.4. The first-order valence-corrected chi connectivity index (χ1v) is 8.82. The summed E-state index contributed by atoms with van der Waals surface area (Å²) in [7, 11) is 0.0326. The van der Waals surface area contributed by atoms with Gasteiger partial charge < -0.3 is 0 Å². The van der Waals surface area contributed by atoms with Crippen LogP contribution in [0.4, 0.5) is 0 Å². The quantitative estimate of drug-likeness (QED) is 0.672. The predicted octanol–water partition coefficient (Wildman–Crippen LogP) is 1.62. The molecular formula is C13H26N2Si. The van der Waals surface area contributed by atoms with Crippen LogP contribution in [0, 0.1) is 0 Å². The van der Waals surface area contributed by atoms with Crippen LogP contribution in [-0.2, 0) is 0 Å². The van der Waals surface area contributed by atoms with E-state index in [-0.39, 0.29) is 9.52 Å². The molecule has 0 amide bonds. The molecule has 0 unspecified atom stereocenters. The second-order valence-electron chi connectivity index (χ2n) is 5.11. The Balaban J connectivity index is 1.88. The van der Waals surface area contributed by atoms with Gasteiger partial charge in [-0.1, -0.05) is 6.08 Å². The van der Waals surface area contributed by atoms with Gasteiger partial charge in [-0.3, -0.25) is 9.80 Å². The second-order valence-corrected chi connectivity index (χ2v) is 6.74. The lowest BCUT2D eigenvalue weighted by molar-refractivity contribution is 0.0950. The van der Waals surface area contributed by atoms with Crippen LogP contribution in [0.1, 0.15) is 32.6 Å². The molecule has 0 aromatic carbocycles. The third-order valence-electron chi connectivity index (χ3n) is 3.95. The third-order valence-corrected chi connectivity index (χ3v) is 5.61. The molecule has 2 nitrogen and oxygen atoms in total. The van der Waals surface area contributed by atoms with Gasteiger partial charge in [0, 0.05) is 9.52 Å². The average Bonchev–Trinajstić information content (AvgIpc) is 2.97. The number of likely N-dealkylation sites (tertiary alicyclic amines) is 2. The maximum Gasteiger partial charge on any atom is 0.0595 e. The van der Waals surface area contributed by atoms with E-state index < -0.39 is 0 Å². The van der Waals surface area contributed by atoms with Crippen molar-refractivity contribution in [1.82, 2.24) is 9.80 Å². The molecule has 2 fully saturated rings. The molecule has 3 heteroatoms. The maximum absolute atomic E-state index is 2.75. The minimum atomic E-state index is 0.0326. The lowest BCUT2D eigenvalue weighted by Crippen LogP contribution is -2.46. The van der Waals surface area contributed by atoms with Gasteiger partial charge in [-0.2, -0.15) is 0 Å². The highest BCUT2D eigenvalue weighted by Crippen LogP contribution is 2.21. The fourth-order valence-corrected chi connectivity index (χ4v) is 4.64. The first-order valence-electron chi connectivity index (χ1n) is 7.01. The molecule has 0 aromatic rings. The Bertz CT molecular complexity index is 202. The van der Waals surface area contributed by atoms with Crippen molar-refractivity contribution < 1.29 is 0 Å². The molecule has 0 atom stereocenters. The zero-order valence-corrected chi connectivity index (χ0v) is 12.1. The summed E-state index contributed by atoms with van der Waals surface area (Å²) in [4.78, 5) is 5.50. The highest BCUT2D eigenvalue weighted by atomic mass is 28.2. The van der Waals surface area contributed by atoms with Crippen molar-refractivity contribution >= 4 is 9.52 Å². The van der Waals surface area contributed by atoms with E-state index >= 15 is 0 Å². The second kappa shape index (κ2) is 6.57. The number of nitrogens with zero attached hydrogens (tertiary/aromatic N) is 2. The van der Waals surface area contributed by atoms with Crippen LogP contribution >= 0.6 is 0 Å². The fourth-order valence-electron chi connectivity index (χ4n) is 3.09. The summed E-state index contributed by atoms with van der Waals surface area (Å²) in [6.07, 6.45) is 8.75.